The second-order valence-electron chi connectivity index (χ2n) is 11.4. The maximum absolute atomic E-state index is 13.5. The van der Waals surface area contributed by atoms with Gasteiger partial charge in [0, 0.05) is 54.3 Å². The van der Waals surface area contributed by atoms with Crippen molar-refractivity contribution in [2.24, 2.45) is 11.7 Å². The third-order valence-electron chi connectivity index (χ3n) is 8.43. The van der Waals surface area contributed by atoms with E-state index >= 15 is 0 Å². The Balaban J connectivity index is 1.40. The van der Waals surface area contributed by atoms with Crippen LogP contribution in [-0.4, -0.2) is 56.0 Å². The first kappa shape index (κ1) is 23.7. The van der Waals surface area contributed by atoms with E-state index in [0.29, 0.717) is 29.8 Å². The van der Waals surface area contributed by atoms with Gasteiger partial charge in [-0.1, -0.05) is 6.92 Å². The van der Waals surface area contributed by atoms with Crippen LogP contribution >= 0.6 is 0 Å². The Kier molecular flexibility index (Phi) is 5.69. The summed E-state index contributed by atoms with van der Waals surface area (Å²) in [4.78, 5) is 25.6. The van der Waals surface area contributed by atoms with Crippen LogP contribution in [0.2, 0.25) is 0 Å². The lowest BCUT2D eigenvalue weighted by molar-refractivity contribution is 0.0708. The van der Waals surface area contributed by atoms with Gasteiger partial charge in [-0.25, -0.2) is 9.97 Å². The number of fused-ring (bicyclic) bond motifs is 2. The molecule has 7 rings (SSSR count). The van der Waals surface area contributed by atoms with Crippen LogP contribution in [0.15, 0.2) is 30.3 Å². The molecule has 3 aliphatic rings. The van der Waals surface area contributed by atoms with E-state index in [4.69, 9.17) is 20.4 Å². The molecule has 3 fully saturated rings. The monoisotopic (exact) mass is 512 g/mol. The van der Waals surface area contributed by atoms with Crippen molar-refractivity contribution in [3.8, 4) is 17.3 Å². The van der Waals surface area contributed by atoms with Gasteiger partial charge in [0.1, 0.15) is 17.0 Å². The van der Waals surface area contributed by atoms with Crippen molar-refractivity contribution >= 4 is 22.6 Å². The number of ether oxygens (including phenoxy) is 1. The van der Waals surface area contributed by atoms with E-state index in [0.717, 1.165) is 79.0 Å². The van der Waals surface area contributed by atoms with E-state index < -0.39 is 0 Å². The van der Waals surface area contributed by atoms with E-state index in [2.05, 4.69) is 34.1 Å². The number of amides is 1. The normalized spacial score (nSPS) is 20.0. The van der Waals surface area contributed by atoms with Crippen LogP contribution in [0.5, 0.6) is 5.88 Å². The summed E-state index contributed by atoms with van der Waals surface area (Å²) in [6.45, 7) is 4.45. The predicted octanol–water partition coefficient (Wildman–Crippen LogP) is 4.77. The van der Waals surface area contributed by atoms with Crippen molar-refractivity contribution in [1.29, 1.82) is 0 Å². The van der Waals surface area contributed by atoms with Crippen LogP contribution in [0, 0.1) is 5.92 Å². The molecule has 8 heteroatoms. The van der Waals surface area contributed by atoms with E-state index in [1.165, 1.54) is 18.5 Å². The molecule has 2 aliphatic carbocycles. The molecule has 4 aromatic heterocycles. The number of aryl methyl sites for hydroxylation is 1. The highest BCUT2D eigenvalue weighted by atomic mass is 16.5. The summed E-state index contributed by atoms with van der Waals surface area (Å²) in [6.07, 6.45) is 7.63. The minimum atomic E-state index is -0.00221. The van der Waals surface area contributed by atoms with Crippen molar-refractivity contribution in [2.75, 3.05) is 20.2 Å². The first-order valence-corrected chi connectivity index (χ1v) is 14.2. The lowest BCUT2D eigenvalue weighted by atomic mass is 10.1. The lowest BCUT2D eigenvalue weighted by Gasteiger charge is -2.30. The Hall–Kier alpha value is -3.39. The number of methoxy groups -OCH3 is 1. The van der Waals surface area contributed by atoms with Gasteiger partial charge >= 0.3 is 0 Å². The number of pyridine rings is 2. The zero-order chi connectivity index (χ0) is 26.0. The van der Waals surface area contributed by atoms with Gasteiger partial charge in [0.25, 0.3) is 5.91 Å². The molecule has 1 saturated heterocycles. The molecule has 8 nitrogen and oxygen atoms in total. The van der Waals surface area contributed by atoms with Gasteiger partial charge in [-0.2, -0.15) is 0 Å². The molecule has 2 saturated carbocycles. The molecular weight excluding hydrogens is 476 g/mol. The smallest absolute Gasteiger partial charge is 0.254 e. The number of rotatable bonds is 7. The first-order chi connectivity index (χ1) is 18.5. The Morgan fingerprint density at radius 3 is 2.66 bits per heavy atom. The maximum Gasteiger partial charge on any atom is 0.254 e. The number of piperidine rings is 1. The maximum atomic E-state index is 13.5. The summed E-state index contributed by atoms with van der Waals surface area (Å²) in [7, 11) is 1.68. The molecule has 1 aliphatic heterocycles. The fraction of sp³-hybridized carbons (Fsp3) is 0.500. The van der Waals surface area contributed by atoms with Crippen LogP contribution in [0.1, 0.15) is 73.1 Å². The van der Waals surface area contributed by atoms with Crippen molar-refractivity contribution < 1.29 is 9.53 Å². The fourth-order valence-electron chi connectivity index (χ4n) is 6.03. The number of hydrogen-bond acceptors (Lipinski definition) is 5. The number of nitrogens with zero attached hydrogens (tertiary/aromatic N) is 5. The number of aromatic nitrogens is 4. The molecule has 0 bridgehead atoms. The van der Waals surface area contributed by atoms with Crippen LogP contribution < -0.4 is 10.5 Å². The van der Waals surface area contributed by atoms with Crippen LogP contribution in [0.4, 0.5) is 0 Å². The van der Waals surface area contributed by atoms with Gasteiger partial charge in [-0.15, -0.1) is 0 Å². The van der Waals surface area contributed by atoms with Gasteiger partial charge in [-0.05, 0) is 75.1 Å². The van der Waals surface area contributed by atoms with Gasteiger partial charge in [0.15, 0.2) is 5.88 Å². The van der Waals surface area contributed by atoms with E-state index in [1.807, 2.05) is 17.0 Å². The second kappa shape index (κ2) is 9.12. The van der Waals surface area contributed by atoms with Crippen molar-refractivity contribution in [1.82, 2.24) is 23.8 Å². The number of carbonyl (C=O) groups is 1. The summed E-state index contributed by atoms with van der Waals surface area (Å²) in [5.41, 5.74) is 13.0. The molecule has 0 unspecified atom stereocenters. The number of hydrogen-bond donors (Lipinski definition) is 1. The molecular formula is C30H36N6O2. The minimum absolute atomic E-state index is 0.00221. The Morgan fingerprint density at radius 2 is 1.95 bits per heavy atom. The van der Waals surface area contributed by atoms with E-state index in [1.54, 1.807) is 7.11 Å². The molecule has 38 heavy (non-hydrogen) atoms. The number of carbonyl (C=O) groups excluding carboxylic acids is 1. The third-order valence-corrected chi connectivity index (χ3v) is 8.43. The molecule has 4 aromatic rings. The number of imidazole rings is 1. The Morgan fingerprint density at radius 1 is 1.11 bits per heavy atom. The zero-order valence-corrected chi connectivity index (χ0v) is 22.3. The molecule has 1 atom stereocenters. The molecule has 1 amide bonds. The summed E-state index contributed by atoms with van der Waals surface area (Å²) < 4.78 is 10.4. The highest BCUT2D eigenvalue weighted by Gasteiger charge is 2.35. The van der Waals surface area contributed by atoms with Crippen molar-refractivity contribution in [3.63, 3.8) is 0 Å². The third kappa shape index (κ3) is 4.06. The van der Waals surface area contributed by atoms with Crippen LogP contribution in [0.25, 0.3) is 28.1 Å². The SMILES string of the molecule is CCc1ccc2cc(-c3nc4cc(C(=O)N5CCC[C@@H](N)C5)cc(OC)n4c3C3CC3)n(CC3CC3)c2n1. The summed E-state index contributed by atoms with van der Waals surface area (Å²) >= 11 is 0. The van der Waals surface area contributed by atoms with Gasteiger partial charge < -0.3 is 19.9 Å². The first-order valence-electron chi connectivity index (χ1n) is 14.2. The molecule has 0 spiro atoms. The van der Waals surface area contributed by atoms with Crippen LogP contribution in [0.3, 0.4) is 0 Å². The van der Waals surface area contributed by atoms with Gasteiger partial charge in [0.2, 0.25) is 0 Å². The summed E-state index contributed by atoms with van der Waals surface area (Å²) in [6, 6.07) is 10.4. The van der Waals surface area contributed by atoms with Crippen molar-refractivity contribution in [2.45, 2.75) is 70.4 Å². The summed E-state index contributed by atoms with van der Waals surface area (Å²) in [5.74, 6) is 1.79. The quantitative estimate of drug-likeness (QED) is 0.385. The molecule has 0 aromatic carbocycles. The van der Waals surface area contributed by atoms with E-state index in [-0.39, 0.29) is 11.9 Å². The standard InChI is InChI=1S/C30H36N6O2/c1-3-23-11-10-20-13-24(35(29(20)32-23)16-18-6-7-18)27-28(19-8-9-19)36-25(33-27)14-21(15-26(36)38-2)30(37)34-12-4-5-22(31)17-34/h10-11,13-15,18-19,22H,3-9,12,16-17,31H2,1-2H3/t22-/m1/s1. The van der Waals surface area contributed by atoms with Crippen molar-refractivity contribution in [3.05, 3.63) is 47.3 Å². The molecule has 5 heterocycles. The van der Waals surface area contributed by atoms with Gasteiger partial charge in [0.05, 0.1) is 18.5 Å². The van der Waals surface area contributed by atoms with Crippen LogP contribution in [-0.2, 0) is 13.0 Å². The number of nitrogens with two attached hydrogens (primary N) is 1. The second-order valence-corrected chi connectivity index (χ2v) is 11.4. The predicted molar refractivity (Wildman–Crippen MR) is 148 cm³/mol. The van der Waals surface area contributed by atoms with Gasteiger partial charge in [-0.3, -0.25) is 9.20 Å². The molecule has 198 valence electrons. The fourth-order valence-corrected chi connectivity index (χ4v) is 6.03. The topological polar surface area (TPSA) is 90.7 Å². The number of likely N-dealkylation sites (tertiary alicyclic amines) is 1. The summed E-state index contributed by atoms with van der Waals surface area (Å²) in [5, 5.41) is 1.15. The average molecular weight is 513 g/mol. The highest BCUT2D eigenvalue weighted by molar-refractivity contribution is 5.96. The molecule has 2 N–H and O–H groups in total. The highest BCUT2D eigenvalue weighted by Crippen LogP contribution is 2.47. The van der Waals surface area contributed by atoms with E-state index in [9.17, 15) is 4.79 Å². The minimum Gasteiger partial charge on any atom is -0.482 e. The Bertz CT molecular complexity index is 1540. The molecule has 0 radical (unpaired) electrons. The lowest BCUT2D eigenvalue weighted by Crippen LogP contribution is -2.45. The largest absolute Gasteiger partial charge is 0.482 e. The zero-order valence-electron chi connectivity index (χ0n) is 22.3. The Labute approximate surface area is 222 Å². The average Bonchev–Trinajstić information content (AvgIpc) is 3.87.